The summed E-state index contributed by atoms with van der Waals surface area (Å²) in [5.41, 5.74) is 2.04. The van der Waals surface area contributed by atoms with Crippen LogP contribution in [0.15, 0.2) is 23.7 Å². The Balaban J connectivity index is 1.47. The smallest absolute Gasteiger partial charge is 0.269 e. The van der Waals surface area contributed by atoms with Gasteiger partial charge in [0.1, 0.15) is 5.69 Å². The van der Waals surface area contributed by atoms with Gasteiger partial charge in [-0.1, -0.05) is 0 Å². The average molecular weight is 290 g/mol. The number of hydrogen-bond acceptors (Lipinski definition) is 4. The lowest BCUT2D eigenvalue weighted by Crippen LogP contribution is -2.37. The van der Waals surface area contributed by atoms with Crippen LogP contribution in [-0.2, 0) is 20.0 Å². The minimum atomic E-state index is -0.0572. The molecular formula is C14H18N4OS. The van der Waals surface area contributed by atoms with Crippen molar-refractivity contribution in [1.82, 2.24) is 20.0 Å². The van der Waals surface area contributed by atoms with Crippen LogP contribution >= 0.6 is 11.3 Å². The number of aromatic nitrogens is 2. The van der Waals surface area contributed by atoms with Gasteiger partial charge in [-0.2, -0.15) is 5.10 Å². The van der Waals surface area contributed by atoms with Gasteiger partial charge in [-0.15, -0.1) is 11.3 Å². The van der Waals surface area contributed by atoms with E-state index in [2.05, 4.69) is 26.8 Å². The number of carbonyl (C=O) groups excluding carboxylic acids is 1. The molecule has 0 bridgehead atoms. The van der Waals surface area contributed by atoms with Gasteiger partial charge < -0.3 is 5.32 Å². The SMILES string of the molecule is Cn1nccc1C(=O)NCCN1CCc2sccc2C1. The van der Waals surface area contributed by atoms with Crippen molar-refractivity contribution < 1.29 is 4.79 Å². The third kappa shape index (κ3) is 2.76. The highest BCUT2D eigenvalue weighted by Gasteiger charge is 2.17. The Kier molecular flexibility index (Phi) is 3.84. The summed E-state index contributed by atoms with van der Waals surface area (Å²) >= 11 is 1.85. The molecule has 2 aromatic rings. The normalized spacial score (nSPS) is 15.1. The van der Waals surface area contributed by atoms with Gasteiger partial charge in [0.25, 0.3) is 5.91 Å². The lowest BCUT2D eigenvalue weighted by Gasteiger charge is -2.26. The summed E-state index contributed by atoms with van der Waals surface area (Å²) in [4.78, 5) is 15.8. The molecular weight excluding hydrogens is 272 g/mol. The molecule has 3 heterocycles. The molecule has 0 atom stereocenters. The molecule has 1 aliphatic heterocycles. The van der Waals surface area contributed by atoms with Gasteiger partial charge in [-0.05, 0) is 29.5 Å². The van der Waals surface area contributed by atoms with Crippen LogP contribution in [0, 0.1) is 0 Å². The van der Waals surface area contributed by atoms with E-state index in [1.807, 2.05) is 11.3 Å². The lowest BCUT2D eigenvalue weighted by molar-refractivity contribution is 0.0938. The van der Waals surface area contributed by atoms with Gasteiger partial charge in [-0.25, -0.2) is 0 Å². The van der Waals surface area contributed by atoms with E-state index in [1.165, 1.54) is 10.4 Å². The summed E-state index contributed by atoms with van der Waals surface area (Å²) in [5, 5.41) is 9.12. The maximum Gasteiger partial charge on any atom is 0.269 e. The van der Waals surface area contributed by atoms with Crippen molar-refractivity contribution in [2.75, 3.05) is 19.6 Å². The molecule has 1 N–H and O–H groups in total. The van der Waals surface area contributed by atoms with E-state index >= 15 is 0 Å². The molecule has 0 spiro atoms. The van der Waals surface area contributed by atoms with Crippen molar-refractivity contribution in [3.8, 4) is 0 Å². The average Bonchev–Trinajstić information content (AvgIpc) is 3.06. The number of nitrogens with zero attached hydrogens (tertiary/aromatic N) is 3. The second-order valence-electron chi connectivity index (χ2n) is 4.99. The molecule has 2 aromatic heterocycles. The number of fused-ring (bicyclic) bond motifs is 1. The Morgan fingerprint density at radius 1 is 1.50 bits per heavy atom. The third-order valence-corrected chi connectivity index (χ3v) is 4.68. The first-order valence-corrected chi connectivity index (χ1v) is 7.66. The fourth-order valence-corrected chi connectivity index (χ4v) is 3.40. The second kappa shape index (κ2) is 5.76. The molecule has 5 nitrogen and oxygen atoms in total. The Morgan fingerprint density at radius 3 is 3.20 bits per heavy atom. The largest absolute Gasteiger partial charge is 0.349 e. The minimum Gasteiger partial charge on any atom is -0.349 e. The predicted octanol–water partition coefficient (Wildman–Crippen LogP) is 1.27. The van der Waals surface area contributed by atoms with E-state index in [0.717, 1.165) is 26.1 Å². The predicted molar refractivity (Wildman–Crippen MR) is 78.8 cm³/mol. The van der Waals surface area contributed by atoms with Gasteiger partial charge in [-0.3, -0.25) is 14.4 Å². The van der Waals surface area contributed by atoms with E-state index in [-0.39, 0.29) is 5.91 Å². The quantitative estimate of drug-likeness (QED) is 0.922. The Hall–Kier alpha value is -1.66. The second-order valence-corrected chi connectivity index (χ2v) is 5.99. The topological polar surface area (TPSA) is 50.2 Å². The molecule has 0 saturated heterocycles. The van der Waals surface area contributed by atoms with Crippen LogP contribution in [0.5, 0.6) is 0 Å². The highest BCUT2D eigenvalue weighted by Crippen LogP contribution is 2.23. The van der Waals surface area contributed by atoms with Crippen LogP contribution in [-0.4, -0.2) is 40.2 Å². The first-order valence-electron chi connectivity index (χ1n) is 6.78. The van der Waals surface area contributed by atoms with Gasteiger partial charge >= 0.3 is 0 Å². The van der Waals surface area contributed by atoms with Crippen LogP contribution in [0.2, 0.25) is 0 Å². The fraction of sp³-hybridized carbons (Fsp3) is 0.429. The lowest BCUT2D eigenvalue weighted by atomic mass is 10.1. The standard InChI is InChI=1S/C14H18N4OS/c1-17-12(2-5-16-17)14(19)15-6-8-18-7-3-13-11(10-18)4-9-20-13/h2,4-5,9H,3,6-8,10H2,1H3,(H,15,19). The molecule has 0 aromatic carbocycles. The number of hydrogen-bond donors (Lipinski definition) is 1. The molecule has 0 unspecified atom stereocenters. The third-order valence-electron chi connectivity index (χ3n) is 3.65. The summed E-state index contributed by atoms with van der Waals surface area (Å²) in [5.74, 6) is -0.0572. The summed E-state index contributed by atoms with van der Waals surface area (Å²) in [6, 6.07) is 3.94. The molecule has 3 rings (SSSR count). The molecule has 106 valence electrons. The van der Waals surface area contributed by atoms with Crippen molar-refractivity contribution in [1.29, 1.82) is 0 Å². The summed E-state index contributed by atoms with van der Waals surface area (Å²) < 4.78 is 1.59. The highest BCUT2D eigenvalue weighted by atomic mass is 32.1. The highest BCUT2D eigenvalue weighted by molar-refractivity contribution is 7.10. The molecule has 0 saturated carbocycles. The van der Waals surface area contributed by atoms with Crippen molar-refractivity contribution in [2.24, 2.45) is 7.05 Å². The van der Waals surface area contributed by atoms with Crippen LogP contribution in [0.4, 0.5) is 0 Å². The number of aryl methyl sites for hydroxylation is 1. The maximum atomic E-state index is 11.9. The van der Waals surface area contributed by atoms with E-state index in [0.29, 0.717) is 12.2 Å². The maximum absolute atomic E-state index is 11.9. The van der Waals surface area contributed by atoms with E-state index in [1.54, 1.807) is 24.0 Å². The first-order chi connectivity index (χ1) is 9.74. The van der Waals surface area contributed by atoms with Crippen LogP contribution in [0.25, 0.3) is 0 Å². The summed E-state index contributed by atoms with van der Waals surface area (Å²) in [7, 11) is 1.78. The Bertz CT molecular complexity index is 604. The van der Waals surface area contributed by atoms with Gasteiger partial charge in [0, 0.05) is 44.3 Å². The molecule has 1 aliphatic rings. The van der Waals surface area contributed by atoms with Crippen molar-refractivity contribution in [2.45, 2.75) is 13.0 Å². The van der Waals surface area contributed by atoms with E-state index in [4.69, 9.17) is 0 Å². The van der Waals surface area contributed by atoms with E-state index < -0.39 is 0 Å². The summed E-state index contributed by atoms with van der Waals surface area (Å²) in [6.45, 7) is 3.64. The zero-order valence-corrected chi connectivity index (χ0v) is 12.3. The number of amides is 1. The number of carbonyl (C=O) groups is 1. The monoisotopic (exact) mass is 290 g/mol. The first kappa shape index (κ1) is 13.3. The fourth-order valence-electron chi connectivity index (χ4n) is 2.51. The molecule has 0 fully saturated rings. The number of thiophene rings is 1. The van der Waals surface area contributed by atoms with Gasteiger partial charge in [0.2, 0.25) is 0 Å². The zero-order valence-electron chi connectivity index (χ0n) is 11.5. The molecule has 1 amide bonds. The van der Waals surface area contributed by atoms with Gasteiger partial charge in [0.15, 0.2) is 0 Å². The van der Waals surface area contributed by atoms with Crippen LogP contribution in [0.1, 0.15) is 20.9 Å². The van der Waals surface area contributed by atoms with Crippen molar-refractivity contribution in [3.05, 3.63) is 39.8 Å². The van der Waals surface area contributed by atoms with E-state index in [9.17, 15) is 4.79 Å². The molecule has 20 heavy (non-hydrogen) atoms. The van der Waals surface area contributed by atoms with Crippen LogP contribution in [0.3, 0.4) is 0 Å². The van der Waals surface area contributed by atoms with Gasteiger partial charge in [0.05, 0.1) is 0 Å². The molecule has 0 aliphatic carbocycles. The number of nitrogens with one attached hydrogen (secondary N) is 1. The van der Waals surface area contributed by atoms with Crippen LogP contribution < -0.4 is 5.32 Å². The minimum absolute atomic E-state index is 0.0572. The van der Waals surface area contributed by atoms with Crippen molar-refractivity contribution in [3.63, 3.8) is 0 Å². The van der Waals surface area contributed by atoms with Crippen molar-refractivity contribution >= 4 is 17.2 Å². The summed E-state index contributed by atoms with van der Waals surface area (Å²) in [6.07, 6.45) is 2.76. The Morgan fingerprint density at radius 2 is 2.40 bits per heavy atom. The number of rotatable bonds is 4. The zero-order chi connectivity index (χ0) is 13.9. The Labute approximate surface area is 122 Å². The molecule has 6 heteroatoms. The molecule has 0 radical (unpaired) electrons.